The molecule has 0 spiro atoms. The SMILES string of the molecule is CCc1ccc(C(O)c2csc(Br)c2)cc1CC. The van der Waals surface area contributed by atoms with Crippen LogP contribution in [0.15, 0.2) is 33.4 Å². The van der Waals surface area contributed by atoms with Crippen LogP contribution >= 0.6 is 27.3 Å². The van der Waals surface area contributed by atoms with Crippen molar-refractivity contribution >= 4 is 27.3 Å². The number of benzene rings is 1. The summed E-state index contributed by atoms with van der Waals surface area (Å²) in [5.74, 6) is 0. The van der Waals surface area contributed by atoms with Gasteiger partial charge < -0.3 is 5.11 Å². The molecular formula is C15H17BrOS. The largest absolute Gasteiger partial charge is 0.384 e. The maximum Gasteiger partial charge on any atom is 0.105 e. The highest BCUT2D eigenvalue weighted by atomic mass is 79.9. The van der Waals surface area contributed by atoms with Gasteiger partial charge in [-0.05, 0) is 62.5 Å². The lowest BCUT2D eigenvalue weighted by Gasteiger charge is -2.13. The Balaban J connectivity index is 2.33. The molecule has 1 N–H and O–H groups in total. The summed E-state index contributed by atoms with van der Waals surface area (Å²) in [6.07, 6.45) is 1.53. The van der Waals surface area contributed by atoms with Crippen LogP contribution in [0.5, 0.6) is 0 Å². The Hall–Kier alpha value is -0.640. The third-order valence-corrected chi connectivity index (χ3v) is 4.73. The standard InChI is InChI=1S/C15H17BrOS/c1-3-10-5-6-12(7-11(10)4-2)15(17)13-8-14(16)18-9-13/h5-9,15,17H,3-4H2,1-2H3. The van der Waals surface area contributed by atoms with Crippen LogP contribution in [0.25, 0.3) is 0 Å². The monoisotopic (exact) mass is 324 g/mol. The lowest BCUT2D eigenvalue weighted by Crippen LogP contribution is -2.01. The second-order valence-electron chi connectivity index (χ2n) is 4.32. The molecule has 0 radical (unpaired) electrons. The van der Waals surface area contributed by atoms with E-state index in [4.69, 9.17) is 0 Å². The fourth-order valence-electron chi connectivity index (χ4n) is 2.15. The van der Waals surface area contributed by atoms with E-state index < -0.39 is 6.10 Å². The van der Waals surface area contributed by atoms with Gasteiger partial charge in [0.25, 0.3) is 0 Å². The Morgan fingerprint density at radius 1 is 1.11 bits per heavy atom. The second kappa shape index (κ2) is 6.00. The molecule has 0 saturated carbocycles. The van der Waals surface area contributed by atoms with Crippen LogP contribution in [-0.2, 0) is 12.8 Å². The average Bonchev–Trinajstić information content (AvgIpc) is 2.83. The second-order valence-corrected chi connectivity index (χ2v) is 6.61. The third kappa shape index (κ3) is 2.85. The van der Waals surface area contributed by atoms with E-state index in [-0.39, 0.29) is 0 Å². The number of rotatable bonds is 4. The molecule has 1 unspecified atom stereocenters. The van der Waals surface area contributed by atoms with Crippen molar-refractivity contribution in [3.8, 4) is 0 Å². The summed E-state index contributed by atoms with van der Waals surface area (Å²) in [5.41, 5.74) is 4.65. The van der Waals surface area contributed by atoms with Crippen LogP contribution in [0.4, 0.5) is 0 Å². The van der Waals surface area contributed by atoms with Gasteiger partial charge in [-0.3, -0.25) is 0 Å². The molecule has 2 rings (SSSR count). The molecule has 0 bridgehead atoms. The van der Waals surface area contributed by atoms with Crippen LogP contribution in [0.3, 0.4) is 0 Å². The van der Waals surface area contributed by atoms with Crippen molar-refractivity contribution in [2.45, 2.75) is 32.8 Å². The summed E-state index contributed by atoms with van der Waals surface area (Å²) < 4.78 is 1.05. The molecule has 3 heteroatoms. The molecule has 2 aromatic rings. The van der Waals surface area contributed by atoms with E-state index in [1.807, 2.05) is 17.5 Å². The van der Waals surface area contributed by atoms with Crippen LogP contribution in [0.2, 0.25) is 0 Å². The van der Waals surface area contributed by atoms with Crippen LogP contribution in [0.1, 0.15) is 42.2 Å². The first-order valence-corrected chi connectivity index (χ1v) is 7.86. The van der Waals surface area contributed by atoms with E-state index in [1.54, 1.807) is 11.3 Å². The Bertz CT molecular complexity index is 533. The van der Waals surface area contributed by atoms with Gasteiger partial charge in [0.05, 0.1) is 3.79 Å². The lowest BCUT2D eigenvalue weighted by atomic mass is 9.96. The molecule has 1 aromatic carbocycles. The zero-order valence-corrected chi connectivity index (χ0v) is 13.0. The van der Waals surface area contributed by atoms with Gasteiger partial charge in [0.15, 0.2) is 0 Å². The summed E-state index contributed by atoms with van der Waals surface area (Å²) >= 11 is 5.03. The number of hydrogen-bond acceptors (Lipinski definition) is 2. The van der Waals surface area contributed by atoms with E-state index in [0.717, 1.165) is 27.8 Å². The molecule has 0 amide bonds. The van der Waals surface area contributed by atoms with E-state index in [1.165, 1.54) is 11.1 Å². The predicted molar refractivity (Wildman–Crippen MR) is 81.3 cm³/mol. The van der Waals surface area contributed by atoms with Crippen molar-refractivity contribution in [2.75, 3.05) is 0 Å². The normalized spacial score (nSPS) is 12.7. The molecule has 1 heterocycles. The Kier molecular flexibility index (Phi) is 4.60. The molecule has 0 aliphatic heterocycles. The van der Waals surface area contributed by atoms with Crippen molar-refractivity contribution in [1.29, 1.82) is 0 Å². The molecule has 1 nitrogen and oxygen atoms in total. The van der Waals surface area contributed by atoms with Gasteiger partial charge in [-0.1, -0.05) is 32.0 Å². The molecule has 96 valence electrons. The fraction of sp³-hybridized carbons (Fsp3) is 0.333. The van der Waals surface area contributed by atoms with Gasteiger partial charge in [0, 0.05) is 0 Å². The van der Waals surface area contributed by atoms with Crippen molar-refractivity contribution in [3.63, 3.8) is 0 Å². The van der Waals surface area contributed by atoms with E-state index in [0.29, 0.717) is 0 Å². The number of thiophene rings is 1. The molecule has 0 aliphatic carbocycles. The molecule has 18 heavy (non-hydrogen) atoms. The Labute approximate surface area is 121 Å². The molecule has 0 aliphatic rings. The maximum absolute atomic E-state index is 10.4. The van der Waals surface area contributed by atoms with Gasteiger partial charge in [0.2, 0.25) is 0 Å². The lowest BCUT2D eigenvalue weighted by molar-refractivity contribution is 0.220. The molecule has 1 aromatic heterocycles. The van der Waals surface area contributed by atoms with Gasteiger partial charge >= 0.3 is 0 Å². The van der Waals surface area contributed by atoms with Crippen molar-refractivity contribution < 1.29 is 5.11 Å². The van der Waals surface area contributed by atoms with E-state index >= 15 is 0 Å². The Morgan fingerprint density at radius 3 is 2.39 bits per heavy atom. The third-order valence-electron chi connectivity index (χ3n) is 3.21. The number of aryl methyl sites for hydroxylation is 2. The summed E-state index contributed by atoms with van der Waals surface area (Å²) in [4.78, 5) is 0. The summed E-state index contributed by atoms with van der Waals surface area (Å²) in [6, 6.07) is 8.29. The van der Waals surface area contributed by atoms with Crippen molar-refractivity contribution in [2.24, 2.45) is 0 Å². The minimum atomic E-state index is -0.524. The highest BCUT2D eigenvalue weighted by molar-refractivity contribution is 9.11. The van der Waals surface area contributed by atoms with Crippen LogP contribution in [-0.4, -0.2) is 5.11 Å². The molecule has 0 saturated heterocycles. The first-order chi connectivity index (χ1) is 8.65. The molecule has 0 fully saturated rings. The summed E-state index contributed by atoms with van der Waals surface area (Å²) in [6.45, 7) is 4.33. The Morgan fingerprint density at radius 2 is 1.83 bits per heavy atom. The van der Waals surface area contributed by atoms with Gasteiger partial charge in [-0.15, -0.1) is 11.3 Å². The van der Waals surface area contributed by atoms with Gasteiger partial charge in [-0.25, -0.2) is 0 Å². The topological polar surface area (TPSA) is 20.2 Å². The number of aliphatic hydroxyl groups excluding tert-OH is 1. The highest BCUT2D eigenvalue weighted by Crippen LogP contribution is 2.30. The summed E-state index contributed by atoms with van der Waals surface area (Å²) in [5, 5.41) is 12.4. The number of halogens is 1. The van der Waals surface area contributed by atoms with Crippen molar-refractivity contribution in [1.82, 2.24) is 0 Å². The highest BCUT2D eigenvalue weighted by Gasteiger charge is 2.13. The zero-order valence-electron chi connectivity index (χ0n) is 10.6. The zero-order chi connectivity index (χ0) is 13.1. The van der Waals surface area contributed by atoms with E-state index in [9.17, 15) is 5.11 Å². The maximum atomic E-state index is 10.4. The summed E-state index contributed by atoms with van der Waals surface area (Å²) in [7, 11) is 0. The smallest absolute Gasteiger partial charge is 0.105 e. The van der Waals surface area contributed by atoms with Crippen LogP contribution in [0, 0.1) is 0 Å². The van der Waals surface area contributed by atoms with Gasteiger partial charge in [0.1, 0.15) is 6.10 Å². The minimum absolute atomic E-state index is 0.524. The minimum Gasteiger partial charge on any atom is -0.384 e. The fourth-order valence-corrected chi connectivity index (χ4v) is 3.34. The van der Waals surface area contributed by atoms with E-state index in [2.05, 4.69) is 41.9 Å². The van der Waals surface area contributed by atoms with Crippen LogP contribution < -0.4 is 0 Å². The predicted octanol–water partition coefficient (Wildman–Crippen LogP) is 4.72. The quantitative estimate of drug-likeness (QED) is 0.862. The average molecular weight is 325 g/mol. The van der Waals surface area contributed by atoms with Crippen molar-refractivity contribution in [3.05, 3.63) is 55.7 Å². The number of hydrogen-bond donors (Lipinski definition) is 1. The van der Waals surface area contributed by atoms with Gasteiger partial charge in [-0.2, -0.15) is 0 Å². The molecular weight excluding hydrogens is 308 g/mol. The molecule has 1 atom stereocenters. The first kappa shape index (κ1) is 13.8. The number of aliphatic hydroxyl groups is 1. The first-order valence-electron chi connectivity index (χ1n) is 6.19.